The molecule has 1 aromatic carbocycles. The number of carboxylic acids is 1. The van der Waals surface area contributed by atoms with Gasteiger partial charge >= 0.3 is 5.97 Å². The zero-order valence-electron chi connectivity index (χ0n) is 9.95. The Hall–Kier alpha value is -2.14. The Labute approximate surface area is 113 Å². The number of anilines is 2. The second kappa shape index (κ2) is 5.24. The molecule has 0 saturated carbocycles. The normalized spacial score (nSPS) is 10.3. The van der Waals surface area contributed by atoms with Gasteiger partial charge in [-0.1, -0.05) is 11.6 Å². The number of nitrogens with zero attached hydrogens (tertiary/aromatic N) is 1. The minimum Gasteiger partial charge on any atom is -0.478 e. The second-order valence-corrected chi connectivity index (χ2v) is 4.34. The lowest BCUT2D eigenvalue weighted by Crippen LogP contribution is -2.04. The van der Waals surface area contributed by atoms with Crippen LogP contribution in [0.2, 0.25) is 5.02 Å². The molecule has 4 nitrogen and oxygen atoms in total. The fourth-order valence-electron chi connectivity index (χ4n) is 1.56. The van der Waals surface area contributed by atoms with E-state index in [0.29, 0.717) is 17.1 Å². The van der Waals surface area contributed by atoms with Gasteiger partial charge in [0.05, 0.1) is 10.7 Å². The van der Waals surface area contributed by atoms with E-state index in [1.54, 1.807) is 13.0 Å². The largest absolute Gasteiger partial charge is 0.478 e. The predicted molar refractivity (Wildman–Crippen MR) is 70.6 cm³/mol. The standard InChI is InChI=1S/C13H10ClFN2O2/c1-7-4-12(9(6-16-7)13(18)19)17-8-2-3-11(15)10(14)5-8/h2-6H,1H3,(H,16,17)(H,18,19). The summed E-state index contributed by atoms with van der Waals surface area (Å²) in [4.78, 5) is 15.0. The molecular weight excluding hydrogens is 271 g/mol. The molecule has 0 aliphatic heterocycles. The molecule has 0 fully saturated rings. The van der Waals surface area contributed by atoms with Crippen LogP contribution in [0.3, 0.4) is 0 Å². The molecule has 0 saturated heterocycles. The van der Waals surface area contributed by atoms with Crippen LogP contribution in [0.15, 0.2) is 30.5 Å². The molecule has 0 atom stereocenters. The van der Waals surface area contributed by atoms with Gasteiger partial charge < -0.3 is 10.4 Å². The highest BCUT2D eigenvalue weighted by atomic mass is 35.5. The van der Waals surface area contributed by atoms with Crippen LogP contribution in [0, 0.1) is 12.7 Å². The number of nitrogens with one attached hydrogen (secondary N) is 1. The van der Waals surface area contributed by atoms with E-state index in [1.165, 1.54) is 24.4 Å². The summed E-state index contributed by atoms with van der Waals surface area (Å²) in [6.45, 7) is 1.74. The molecule has 2 N–H and O–H groups in total. The summed E-state index contributed by atoms with van der Waals surface area (Å²) in [6, 6.07) is 5.67. The first kappa shape index (κ1) is 13.3. The molecule has 2 aromatic rings. The van der Waals surface area contributed by atoms with Crippen molar-refractivity contribution in [2.24, 2.45) is 0 Å². The number of aryl methyl sites for hydroxylation is 1. The molecule has 19 heavy (non-hydrogen) atoms. The van der Waals surface area contributed by atoms with Crippen LogP contribution >= 0.6 is 11.6 Å². The quantitative estimate of drug-likeness (QED) is 0.901. The molecule has 0 aliphatic rings. The smallest absolute Gasteiger partial charge is 0.339 e. The van der Waals surface area contributed by atoms with Crippen molar-refractivity contribution in [1.29, 1.82) is 0 Å². The van der Waals surface area contributed by atoms with Gasteiger partial charge in [0.1, 0.15) is 11.4 Å². The van der Waals surface area contributed by atoms with Gasteiger partial charge in [0.25, 0.3) is 0 Å². The highest BCUT2D eigenvalue weighted by Crippen LogP contribution is 2.25. The van der Waals surface area contributed by atoms with Crippen molar-refractivity contribution in [3.05, 3.63) is 52.6 Å². The van der Waals surface area contributed by atoms with Crippen LogP contribution in [0.5, 0.6) is 0 Å². The lowest BCUT2D eigenvalue weighted by Gasteiger charge is -2.10. The maximum absolute atomic E-state index is 13.0. The molecule has 0 unspecified atom stereocenters. The van der Waals surface area contributed by atoms with Crippen molar-refractivity contribution in [2.75, 3.05) is 5.32 Å². The predicted octanol–water partition coefficient (Wildman–Crippen LogP) is 3.62. The summed E-state index contributed by atoms with van der Waals surface area (Å²) >= 11 is 5.67. The van der Waals surface area contributed by atoms with E-state index < -0.39 is 11.8 Å². The Morgan fingerprint density at radius 1 is 1.42 bits per heavy atom. The molecule has 1 heterocycles. The minimum absolute atomic E-state index is 0.0334. The summed E-state index contributed by atoms with van der Waals surface area (Å²) in [5.74, 6) is -1.63. The first-order valence-electron chi connectivity index (χ1n) is 5.39. The van der Waals surface area contributed by atoms with Crippen molar-refractivity contribution in [1.82, 2.24) is 4.98 Å². The summed E-state index contributed by atoms with van der Waals surface area (Å²) < 4.78 is 13.0. The average molecular weight is 281 g/mol. The van der Waals surface area contributed by atoms with Gasteiger partial charge in [0.15, 0.2) is 0 Å². The van der Waals surface area contributed by atoms with Crippen LogP contribution in [0.25, 0.3) is 0 Å². The molecule has 1 aromatic heterocycles. The fourth-order valence-corrected chi connectivity index (χ4v) is 1.74. The van der Waals surface area contributed by atoms with E-state index >= 15 is 0 Å². The van der Waals surface area contributed by atoms with Crippen molar-refractivity contribution < 1.29 is 14.3 Å². The number of hydrogen-bond acceptors (Lipinski definition) is 3. The van der Waals surface area contributed by atoms with Gasteiger partial charge in [0.2, 0.25) is 0 Å². The van der Waals surface area contributed by atoms with E-state index in [0.717, 1.165) is 0 Å². The van der Waals surface area contributed by atoms with E-state index in [-0.39, 0.29) is 10.6 Å². The summed E-state index contributed by atoms with van der Waals surface area (Å²) in [6.07, 6.45) is 1.27. The lowest BCUT2D eigenvalue weighted by molar-refractivity contribution is 0.0697. The van der Waals surface area contributed by atoms with Crippen molar-refractivity contribution in [3.63, 3.8) is 0 Å². The van der Waals surface area contributed by atoms with Gasteiger partial charge in [-0.15, -0.1) is 0 Å². The van der Waals surface area contributed by atoms with Crippen molar-refractivity contribution in [3.8, 4) is 0 Å². The number of hydrogen-bond donors (Lipinski definition) is 2. The van der Waals surface area contributed by atoms with E-state index in [1.807, 2.05) is 0 Å². The van der Waals surface area contributed by atoms with Crippen LogP contribution in [-0.2, 0) is 0 Å². The molecule has 2 rings (SSSR count). The molecule has 0 amide bonds. The first-order valence-corrected chi connectivity index (χ1v) is 5.77. The zero-order valence-corrected chi connectivity index (χ0v) is 10.7. The third-order valence-corrected chi connectivity index (χ3v) is 2.76. The molecule has 0 radical (unpaired) electrons. The third kappa shape index (κ3) is 3.00. The number of rotatable bonds is 3. The topological polar surface area (TPSA) is 62.2 Å². The van der Waals surface area contributed by atoms with Gasteiger partial charge in [-0.3, -0.25) is 4.98 Å². The maximum Gasteiger partial charge on any atom is 0.339 e. The number of aromatic carboxylic acids is 1. The highest BCUT2D eigenvalue weighted by molar-refractivity contribution is 6.31. The molecule has 0 bridgehead atoms. The lowest BCUT2D eigenvalue weighted by atomic mass is 10.2. The molecule has 98 valence electrons. The van der Waals surface area contributed by atoms with Crippen LogP contribution in [0.4, 0.5) is 15.8 Å². The number of carbonyl (C=O) groups is 1. The van der Waals surface area contributed by atoms with Gasteiger partial charge in [-0.25, -0.2) is 9.18 Å². The number of halogens is 2. The number of benzene rings is 1. The molecular formula is C13H10ClFN2O2. The third-order valence-electron chi connectivity index (χ3n) is 2.47. The Balaban J connectivity index is 2.39. The Bertz CT molecular complexity index is 647. The van der Waals surface area contributed by atoms with Crippen LogP contribution in [0.1, 0.15) is 16.1 Å². The van der Waals surface area contributed by atoms with Gasteiger partial charge in [-0.05, 0) is 31.2 Å². The minimum atomic E-state index is -1.09. The van der Waals surface area contributed by atoms with E-state index in [4.69, 9.17) is 16.7 Å². The molecule has 6 heteroatoms. The Kier molecular flexibility index (Phi) is 3.66. The monoisotopic (exact) mass is 280 g/mol. The number of aromatic nitrogens is 1. The second-order valence-electron chi connectivity index (χ2n) is 3.93. The summed E-state index contributed by atoms with van der Waals surface area (Å²) in [5.41, 5.74) is 1.58. The average Bonchev–Trinajstić information content (AvgIpc) is 2.33. The summed E-state index contributed by atoms with van der Waals surface area (Å²) in [7, 11) is 0. The fraction of sp³-hybridized carbons (Fsp3) is 0.0769. The van der Waals surface area contributed by atoms with Crippen molar-refractivity contribution in [2.45, 2.75) is 6.92 Å². The van der Waals surface area contributed by atoms with Crippen LogP contribution in [-0.4, -0.2) is 16.1 Å². The first-order chi connectivity index (χ1) is 8.97. The van der Waals surface area contributed by atoms with E-state index in [2.05, 4.69) is 10.3 Å². The molecule has 0 spiro atoms. The number of carboxylic acid groups (broad SMARTS) is 1. The van der Waals surface area contributed by atoms with Gasteiger partial charge in [0, 0.05) is 17.6 Å². The summed E-state index contributed by atoms with van der Waals surface area (Å²) in [5, 5.41) is 11.9. The highest BCUT2D eigenvalue weighted by Gasteiger charge is 2.11. The van der Waals surface area contributed by atoms with Crippen LogP contribution < -0.4 is 5.32 Å². The van der Waals surface area contributed by atoms with Crippen molar-refractivity contribution >= 4 is 28.9 Å². The van der Waals surface area contributed by atoms with E-state index in [9.17, 15) is 9.18 Å². The van der Waals surface area contributed by atoms with Gasteiger partial charge in [-0.2, -0.15) is 0 Å². The SMILES string of the molecule is Cc1cc(Nc2ccc(F)c(Cl)c2)c(C(=O)O)cn1. The Morgan fingerprint density at radius 3 is 2.79 bits per heavy atom. The zero-order chi connectivity index (χ0) is 14.0. The Morgan fingerprint density at radius 2 is 2.16 bits per heavy atom. The maximum atomic E-state index is 13.0. The number of pyridine rings is 1. The molecule has 0 aliphatic carbocycles.